The number of nitrogens with zero attached hydrogens (tertiary/aromatic N) is 1. The maximum absolute atomic E-state index is 12.0. The molecule has 5 nitrogen and oxygen atoms in total. The molecule has 24 heavy (non-hydrogen) atoms. The van der Waals surface area contributed by atoms with Gasteiger partial charge in [0.05, 0.1) is 7.11 Å². The van der Waals surface area contributed by atoms with Gasteiger partial charge in [-0.2, -0.15) is 0 Å². The molecular formula is C17H18ClNO4S. The van der Waals surface area contributed by atoms with Gasteiger partial charge in [0.1, 0.15) is 0 Å². The van der Waals surface area contributed by atoms with Crippen LogP contribution in [0.5, 0.6) is 0 Å². The molecule has 0 amide bonds. The molecule has 0 aliphatic rings. The van der Waals surface area contributed by atoms with E-state index in [2.05, 4.69) is 4.74 Å². The predicted molar refractivity (Wildman–Crippen MR) is 94.2 cm³/mol. The van der Waals surface area contributed by atoms with Crippen LogP contribution in [0.15, 0.2) is 48.5 Å². The summed E-state index contributed by atoms with van der Waals surface area (Å²) in [5.74, 6) is -1.44. The molecule has 0 radical (unpaired) electrons. The number of hydrogen-bond acceptors (Lipinski definition) is 4. The second-order valence-corrected chi connectivity index (χ2v) is 7.80. The summed E-state index contributed by atoms with van der Waals surface area (Å²) in [6, 6.07) is 15.0. The smallest absolute Gasteiger partial charge is 0.322 e. The van der Waals surface area contributed by atoms with Crippen LogP contribution < -0.4 is 0 Å². The number of sulfonamides is 1. The van der Waals surface area contributed by atoms with E-state index in [1.54, 1.807) is 0 Å². The van der Waals surface area contributed by atoms with Crippen LogP contribution in [0, 0.1) is 0 Å². The molecule has 2 aromatic rings. The van der Waals surface area contributed by atoms with Crippen LogP contribution in [0.25, 0.3) is 11.1 Å². The van der Waals surface area contributed by atoms with Crippen molar-refractivity contribution in [3.8, 4) is 11.1 Å². The Morgan fingerprint density at radius 1 is 1.04 bits per heavy atom. The van der Waals surface area contributed by atoms with E-state index in [1.807, 2.05) is 48.5 Å². The quantitative estimate of drug-likeness (QED) is 0.736. The zero-order valence-electron chi connectivity index (χ0n) is 13.4. The first-order chi connectivity index (χ1) is 11.3. The molecule has 0 aromatic heterocycles. The molecule has 128 valence electrons. The van der Waals surface area contributed by atoms with E-state index in [1.165, 1.54) is 7.05 Å². The number of esters is 1. The van der Waals surface area contributed by atoms with Crippen molar-refractivity contribution in [2.75, 3.05) is 19.9 Å². The molecule has 2 rings (SSSR count). The number of halogens is 1. The average Bonchev–Trinajstić information content (AvgIpc) is 2.56. The van der Waals surface area contributed by atoms with Gasteiger partial charge >= 0.3 is 5.97 Å². The number of carbonyl (C=O) groups is 1. The fourth-order valence-electron chi connectivity index (χ4n) is 2.12. The van der Waals surface area contributed by atoms with Crippen molar-refractivity contribution in [3.05, 3.63) is 59.1 Å². The molecule has 0 bridgehead atoms. The maximum Gasteiger partial charge on any atom is 0.322 e. The third-order valence-electron chi connectivity index (χ3n) is 3.54. The summed E-state index contributed by atoms with van der Waals surface area (Å²) in [7, 11) is -1.10. The van der Waals surface area contributed by atoms with Crippen LogP contribution in [-0.4, -0.2) is 38.6 Å². The number of ether oxygens (including phenoxy) is 1. The van der Waals surface area contributed by atoms with E-state index < -0.39 is 21.7 Å². The standard InChI is InChI=1S/C17H18ClNO4S/c1-19(24(21,22)12-17(20)23-2)11-13-3-5-14(6-4-13)15-7-9-16(18)10-8-15/h3-10H,11-12H2,1-2H3. The minimum absolute atomic E-state index is 0.181. The van der Waals surface area contributed by atoms with Crippen molar-refractivity contribution in [1.82, 2.24) is 4.31 Å². The van der Waals surface area contributed by atoms with E-state index in [-0.39, 0.29) is 6.54 Å². The lowest BCUT2D eigenvalue weighted by Gasteiger charge is -2.16. The second-order valence-electron chi connectivity index (χ2n) is 5.29. The Balaban J connectivity index is 2.08. The largest absolute Gasteiger partial charge is 0.468 e. The van der Waals surface area contributed by atoms with E-state index in [4.69, 9.17) is 11.6 Å². The highest BCUT2D eigenvalue weighted by molar-refractivity contribution is 7.89. The summed E-state index contributed by atoms with van der Waals surface area (Å²) in [6.45, 7) is 0.181. The summed E-state index contributed by atoms with van der Waals surface area (Å²) in [5, 5.41) is 0.674. The lowest BCUT2D eigenvalue weighted by atomic mass is 10.0. The molecule has 0 spiro atoms. The van der Waals surface area contributed by atoms with Crippen molar-refractivity contribution in [3.63, 3.8) is 0 Å². The highest BCUT2D eigenvalue weighted by Gasteiger charge is 2.22. The SMILES string of the molecule is COC(=O)CS(=O)(=O)N(C)Cc1ccc(-c2ccc(Cl)cc2)cc1. The first-order valence-corrected chi connectivity index (χ1v) is 9.16. The molecule has 0 aliphatic heterocycles. The molecule has 0 atom stereocenters. The second kappa shape index (κ2) is 7.79. The fourth-order valence-corrected chi connectivity index (χ4v) is 3.23. The molecule has 0 saturated heterocycles. The monoisotopic (exact) mass is 367 g/mol. The van der Waals surface area contributed by atoms with Crippen LogP contribution in [0.1, 0.15) is 5.56 Å². The number of hydrogen-bond donors (Lipinski definition) is 0. The number of rotatable bonds is 6. The van der Waals surface area contributed by atoms with Gasteiger partial charge in [-0.05, 0) is 28.8 Å². The first kappa shape index (κ1) is 18.4. The van der Waals surface area contributed by atoms with Crippen molar-refractivity contribution >= 4 is 27.6 Å². The lowest BCUT2D eigenvalue weighted by molar-refractivity contribution is -0.137. The van der Waals surface area contributed by atoms with Gasteiger partial charge in [0.15, 0.2) is 5.75 Å². The Morgan fingerprint density at radius 2 is 1.54 bits per heavy atom. The molecule has 0 heterocycles. The van der Waals surface area contributed by atoms with E-state index in [0.717, 1.165) is 28.1 Å². The Labute approximate surface area is 146 Å². The van der Waals surface area contributed by atoms with Crippen molar-refractivity contribution < 1.29 is 17.9 Å². The number of benzene rings is 2. The molecule has 2 aromatic carbocycles. The van der Waals surface area contributed by atoms with Gasteiger partial charge in [-0.15, -0.1) is 0 Å². The van der Waals surface area contributed by atoms with Crippen LogP contribution >= 0.6 is 11.6 Å². The van der Waals surface area contributed by atoms with Gasteiger partial charge in [0.2, 0.25) is 10.0 Å². The normalized spacial score (nSPS) is 11.5. The molecular weight excluding hydrogens is 350 g/mol. The highest BCUT2D eigenvalue weighted by Crippen LogP contribution is 2.22. The van der Waals surface area contributed by atoms with Crippen LogP contribution in [0.2, 0.25) is 5.02 Å². The van der Waals surface area contributed by atoms with Gasteiger partial charge in [-0.1, -0.05) is 48.0 Å². The Kier molecular flexibility index (Phi) is 5.99. The average molecular weight is 368 g/mol. The minimum atomic E-state index is -3.69. The summed E-state index contributed by atoms with van der Waals surface area (Å²) < 4.78 is 29.6. The maximum atomic E-state index is 12.0. The topological polar surface area (TPSA) is 63.7 Å². The molecule has 0 saturated carbocycles. The molecule has 0 aliphatic carbocycles. The van der Waals surface area contributed by atoms with Crippen molar-refractivity contribution in [2.24, 2.45) is 0 Å². The number of methoxy groups -OCH3 is 1. The van der Waals surface area contributed by atoms with Gasteiger partial charge in [0.25, 0.3) is 0 Å². The minimum Gasteiger partial charge on any atom is -0.468 e. The van der Waals surface area contributed by atoms with E-state index >= 15 is 0 Å². The van der Waals surface area contributed by atoms with Gasteiger partial charge in [-0.25, -0.2) is 12.7 Å². The van der Waals surface area contributed by atoms with Gasteiger partial charge in [0, 0.05) is 18.6 Å². The van der Waals surface area contributed by atoms with Crippen molar-refractivity contribution in [2.45, 2.75) is 6.54 Å². The summed E-state index contributed by atoms with van der Waals surface area (Å²) in [6.07, 6.45) is 0. The summed E-state index contributed by atoms with van der Waals surface area (Å²) in [4.78, 5) is 11.2. The first-order valence-electron chi connectivity index (χ1n) is 7.17. The van der Waals surface area contributed by atoms with Crippen LogP contribution in [0.3, 0.4) is 0 Å². The highest BCUT2D eigenvalue weighted by atomic mass is 35.5. The predicted octanol–water partition coefficient (Wildman–Crippen LogP) is 2.94. The lowest BCUT2D eigenvalue weighted by Crippen LogP contribution is -2.32. The van der Waals surface area contributed by atoms with Crippen LogP contribution in [-0.2, 0) is 26.1 Å². The Bertz CT molecular complexity index is 801. The third-order valence-corrected chi connectivity index (χ3v) is 5.47. The van der Waals surface area contributed by atoms with E-state index in [0.29, 0.717) is 5.02 Å². The molecule has 0 N–H and O–H groups in total. The molecule has 0 fully saturated rings. The zero-order valence-corrected chi connectivity index (χ0v) is 15.0. The van der Waals surface area contributed by atoms with Gasteiger partial charge in [-0.3, -0.25) is 4.79 Å². The molecule has 7 heteroatoms. The Hall–Kier alpha value is -1.89. The third kappa shape index (κ3) is 4.80. The van der Waals surface area contributed by atoms with Gasteiger partial charge < -0.3 is 4.74 Å². The number of carbonyl (C=O) groups excluding carboxylic acids is 1. The zero-order chi connectivity index (χ0) is 17.7. The summed E-state index contributed by atoms with van der Waals surface area (Å²) in [5.41, 5.74) is 2.86. The van der Waals surface area contributed by atoms with Crippen molar-refractivity contribution in [1.29, 1.82) is 0 Å². The van der Waals surface area contributed by atoms with Crippen LogP contribution in [0.4, 0.5) is 0 Å². The molecule has 0 unspecified atom stereocenters. The Morgan fingerprint density at radius 3 is 2.04 bits per heavy atom. The fraction of sp³-hybridized carbons (Fsp3) is 0.235. The van der Waals surface area contributed by atoms with E-state index in [9.17, 15) is 13.2 Å². The summed E-state index contributed by atoms with van der Waals surface area (Å²) >= 11 is 5.88.